The Morgan fingerprint density at radius 3 is 2.50 bits per heavy atom. The summed E-state index contributed by atoms with van der Waals surface area (Å²) in [4.78, 5) is 34.1. The first-order chi connectivity index (χ1) is 14.4. The quantitative estimate of drug-likeness (QED) is 0.419. The van der Waals surface area contributed by atoms with Crippen LogP contribution >= 0.6 is 0 Å². The summed E-state index contributed by atoms with van der Waals surface area (Å²) in [6.45, 7) is 0. The van der Waals surface area contributed by atoms with E-state index in [1.54, 1.807) is 36.2 Å². The van der Waals surface area contributed by atoms with Crippen LogP contribution in [0.5, 0.6) is 0 Å². The number of nitrogens with two attached hydrogens (primary N) is 1. The predicted octanol–water partition coefficient (Wildman–Crippen LogP) is 2.51. The topological polar surface area (TPSA) is 122 Å². The van der Waals surface area contributed by atoms with Crippen LogP contribution in [0.3, 0.4) is 0 Å². The number of hydrogen-bond acceptors (Lipinski definition) is 8. The van der Waals surface area contributed by atoms with Crippen molar-refractivity contribution in [1.29, 1.82) is 0 Å². The number of benzene rings is 2. The highest BCUT2D eigenvalue weighted by atomic mass is 19.1. The number of methoxy groups -OCH3 is 1. The van der Waals surface area contributed by atoms with E-state index in [0.29, 0.717) is 17.1 Å². The first kappa shape index (κ1) is 20.5. The zero-order valence-electron chi connectivity index (χ0n) is 16.2. The van der Waals surface area contributed by atoms with Gasteiger partial charge in [-0.2, -0.15) is 0 Å². The number of rotatable bonds is 6. The molecule has 154 valence electrons. The van der Waals surface area contributed by atoms with Gasteiger partial charge in [-0.15, -0.1) is 0 Å². The molecule has 0 aliphatic heterocycles. The maximum Gasteiger partial charge on any atom is 0.339 e. The van der Waals surface area contributed by atoms with Gasteiger partial charge in [0.25, 0.3) is 5.91 Å². The molecule has 9 nitrogen and oxygen atoms in total. The van der Waals surface area contributed by atoms with E-state index in [1.807, 2.05) is 0 Å². The number of hydrazine groups is 1. The molecule has 1 aromatic heterocycles. The van der Waals surface area contributed by atoms with Crippen LogP contribution < -0.4 is 21.5 Å². The molecule has 0 atom stereocenters. The molecular weight excluding hydrogens is 391 g/mol. The molecule has 3 aromatic rings. The summed E-state index contributed by atoms with van der Waals surface area (Å²) < 4.78 is 17.8. The van der Waals surface area contributed by atoms with Crippen molar-refractivity contribution in [3.8, 4) is 0 Å². The van der Waals surface area contributed by atoms with Crippen molar-refractivity contribution in [3.05, 3.63) is 71.8 Å². The summed E-state index contributed by atoms with van der Waals surface area (Å²) in [5.74, 6) is -0.994. The molecule has 3 rings (SSSR count). The fourth-order valence-electron chi connectivity index (χ4n) is 2.71. The average Bonchev–Trinajstić information content (AvgIpc) is 2.77. The zero-order valence-corrected chi connectivity index (χ0v) is 16.2. The van der Waals surface area contributed by atoms with E-state index < -0.39 is 17.7 Å². The van der Waals surface area contributed by atoms with Crippen molar-refractivity contribution < 1.29 is 18.7 Å². The molecule has 1 heterocycles. The van der Waals surface area contributed by atoms with E-state index in [9.17, 15) is 14.0 Å². The summed E-state index contributed by atoms with van der Waals surface area (Å²) in [5.41, 5.74) is 12.5. The van der Waals surface area contributed by atoms with Crippen LogP contribution in [0.25, 0.3) is 0 Å². The van der Waals surface area contributed by atoms with Gasteiger partial charge in [-0.05, 0) is 36.4 Å². The Morgan fingerprint density at radius 2 is 1.80 bits per heavy atom. The number of ether oxygens (including phenoxy) is 1. The summed E-state index contributed by atoms with van der Waals surface area (Å²) in [6, 6.07) is 11.9. The van der Waals surface area contributed by atoms with E-state index in [0.717, 1.165) is 0 Å². The molecule has 30 heavy (non-hydrogen) atoms. The van der Waals surface area contributed by atoms with Gasteiger partial charge in [-0.1, -0.05) is 12.1 Å². The molecule has 0 saturated heterocycles. The van der Waals surface area contributed by atoms with Crippen LogP contribution in [0.1, 0.15) is 20.7 Å². The second-order valence-corrected chi connectivity index (χ2v) is 6.11. The number of nitrogen functional groups attached to an aromatic ring is 1. The highest BCUT2D eigenvalue weighted by Crippen LogP contribution is 2.32. The van der Waals surface area contributed by atoms with Crippen molar-refractivity contribution in [2.45, 2.75) is 0 Å². The van der Waals surface area contributed by atoms with Gasteiger partial charge in [0.2, 0.25) is 0 Å². The lowest BCUT2D eigenvalue weighted by atomic mass is 10.1. The van der Waals surface area contributed by atoms with Gasteiger partial charge in [0.15, 0.2) is 11.6 Å². The lowest BCUT2D eigenvalue weighted by Gasteiger charge is -2.23. The summed E-state index contributed by atoms with van der Waals surface area (Å²) in [6.07, 6.45) is 1.26. The van der Waals surface area contributed by atoms with Gasteiger partial charge >= 0.3 is 5.97 Å². The molecular formula is C20H19FN6O3. The van der Waals surface area contributed by atoms with Gasteiger partial charge in [-0.25, -0.2) is 19.2 Å². The van der Waals surface area contributed by atoms with Gasteiger partial charge in [-0.3, -0.25) is 15.6 Å². The van der Waals surface area contributed by atoms with Gasteiger partial charge in [0.05, 0.1) is 18.4 Å². The smallest absolute Gasteiger partial charge is 0.339 e. The van der Waals surface area contributed by atoms with Crippen LogP contribution in [0.2, 0.25) is 0 Å². The van der Waals surface area contributed by atoms with Crippen molar-refractivity contribution in [2.24, 2.45) is 0 Å². The minimum atomic E-state index is -0.505. The predicted molar refractivity (Wildman–Crippen MR) is 110 cm³/mol. The second kappa shape index (κ2) is 8.86. The third kappa shape index (κ3) is 4.27. The number of amides is 1. The SMILES string of the molecule is COC(=O)c1ccccc1N(C)c1ncnc(NNC(=O)c2ccc(F)cc2)c1N. The van der Waals surface area contributed by atoms with Gasteiger partial charge < -0.3 is 15.4 Å². The fraction of sp³-hybridized carbons (Fsp3) is 0.100. The zero-order chi connectivity index (χ0) is 21.7. The van der Waals surface area contributed by atoms with Crippen molar-refractivity contribution in [3.63, 3.8) is 0 Å². The second-order valence-electron chi connectivity index (χ2n) is 6.11. The number of carbonyl (C=O) groups excluding carboxylic acids is 2. The van der Waals surface area contributed by atoms with Crippen LogP contribution in [0.4, 0.5) is 27.4 Å². The lowest BCUT2D eigenvalue weighted by Crippen LogP contribution is -2.30. The van der Waals surface area contributed by atoms with Crippen LogP contribution in [-0.4, -0.2) is 36.0 Å². The molecule has 0 radical (unpaired) electrons. The van der Waals surface area contributed by atoms with Crippen LogP contribution in [-0.2, 0) is 4.74 Å². The number of carbonyl (C=O) groups is 2. The minimum Gasteiger partial charge on any atom is -0.465 e. The largest absolute Gasteiger partial charge is 0.465 e. The van der Waals surface area contributed by atoms with E-state index in [2.05, 4.69) is 20.8 Å². The third-order valence-corrected chi connectivity index (χ3v) is 4.25. The Balaban J connectivity index is 1.82. The first-order valence-corrected chi connectivity index (χ1v) is 8.76. The monoisotopic (exact) mass is 410 g/mol. The number of aromatic nitrogens is 2. The van der Waals surface area contributed by atoms with Crippen molar-refractivity contribution >= 4 is 34.9 Å². The Kier molecular flexibility index (Phi) is 6.06. The molecule has 1 amide bonds. The molecule has 0 aliphatic carbocycles. The molecule has 0 aliphatic rings. The highest BCUT2D eigenvalue weighted by molar-refractivity contribution is 5.98. The highest BCUT2D eigenvalue weighted by Gasteiger charge is 2.19. The van der Waals surface area contributed by atoms with Crippen LogP contribution in [0, 0.1) is 5.82 Å². The number of esters is 1. The summed E-state index contributed by atoms with van der Waals surface area (Å²) in [7, 11) is 2.98. The lowest BCUT2D eigenvalue weighted by molar-refractivity contribution is 0.0601. The number of nitrogens with zero attached hydrogens (tertiary/aromatic N) is 3. The van der Waals surface area contributed by atoms with E-state index >= 15 is 0 Å². The normalized spacial score (nSPS) is 10.2. The molecule has 0 unspecified atom stereocenters. The average molecular weight is 410 g/mol. The summed E-state index contributed by atoms with van der Waals surface area (Å²) in [5, 5.41) is 0. The minimum absolute atomic E-state index is 0.138. The number of nitrogens with one attached hydrogen (secondary N) is 2. The maximum absolute atomic E-state index is 13.0. The Hall–Kier alpha value is -4.21. The Morgan fingerprint density at radius 1 is 1.10 bits per heavy atom. The number of halogens is 1. The van der Waals surface area contributed by atoms with Crippen LogP contribution in [0.15, 0.2) is 54.9 Å². The van der Waals surface area contributed by atoms with Crippen molar-refractivity contribution in [1.82, 2.24) is 15.4 Å². The van der Waals surface area contributed by atoms with E-state index in [4.69, 9.17) is 10.5 Å². The molecule has 2 aromatic carbocycles. The maximum atomic E-state index is 13.0. The molecule has 0 spiro atoms. The first-order valence-electron chi connectivity index (χ1n) is 8.76. The summed E-state index contributed by atoms with van der Waals surface area (Å²) >= 11 is 0. The fourth-order valence-corrected chi connectivity index (χ4v) is 2.71. The standard InChI is InChI=1S/C20H19FN6O3/c1-27(15-6-4-3-5-14(15)20(29)30-2)18-16(22)17(23-11-24-18)25-26-19(28)12-7-9-13(21)10-8-12/h3-11H,22H2,1-2H3,(H,26,28)(H,23,24,25). The van der Waals surface area contributed by atoms with E-state index in [1.165, 1.54) is 37.7 Å². The van der Waals surface area contributed by atoms with Crippen molar-refractivity contribution in [2.75, 3.05) is 30.2 Å². The Labute approximate surface area is 171 Å². The van der Waals surface area contributed by atoms with Gasteiger partial charge in [0.1, 0.15) is 17.8 Å². The molecule has 0 fully saturated rings. The number of anilines is 4. The van der Waals surface area contributed by atoms with Gasteiger partial charge in [0, 0.05) is 12.6 Å². The molecule has 0 bridgehead atoms. The number of hydrogen-bond donors (Lipinski definition) is 3. The van der Waals surface area contributed by atoms with E-state index in [-0.39, 0.29) is 17.1 Å². The Bertz CT molecular complexity index is 1070. The molecule has 4 N–H and O–H groups in total. The molecule has 10 heteroatoms. The molecule has 0 saturated carbocycles. The number of para-hydroxylation sites is 1. The third-order valence-electron chi connectivity index (χ3n) is 4.25.